The highest BCUT2D eigenvalue weighted by Gasteiger charge is 2.52. The van der Waals surface area contributed by atoms with Gasteiger partial charge in [0.25, 0.3) is 5.91 Å². The van der Waals surface area contributed by atoms with Crippen molar-refractivity contribution in [3.05, 3.63) is 36.4 Å². The summed E-state index contributed by atoms with van der Waals surface area (Å²) in [5, 5.41) is 2.46. The van der Waals surface area contributed by atoms with Crippen LogP contribution in [0.2, 0.25) is 0 Å². The summed E-state index contributed by atoms with van der Waals surface area (Å²) in [6.07, 6.45) is 0. The van der Waals surface area contributed by atoms with Gasteiger partial charge >= 0.3 is 5.91 Å². The molecular weight excluding hydrogens is 408 g/mol. The second-order valence-electron chi connectivity index (χ2n) is 6.37. The number of rotatable bonds is 7. The number of hydrogen-bond donors (Lipinski definition) is 1. The molecule has 1 aliphatic rings. The van der Waals surface area contributed by atoms with Crippen LogP contribution in [0.5, 0.6) is 23.0 Å². The molecule has 3 rings (SSSR count). The normalized spacial score (nSPS) is 15.7. The molecule has 1 aliphatic heterocycles. The zero-order chi connectivity index (χ0) is 22.7. The van der Waals surface area contributed by atoms with E-state index in [1.807, 2.05) is 0 Å². The van der Waals surface area contributed by atoms with Gasteiger partial charge in [-0.1, -0.05) is 0 Å². The van der Waals surface area contributed by atoms with Gasteiger partial charge in [-0.2, -0.15) is 0 Å². The number of amides is 3. The van der Waals surface area contributed by atoms with Crippen molar-refractivity contribution in [2.75, 3.05) is 38.7 Å². The van der Waals surface area contributed by atoms with E-state index in [1.54, 1.807) is 6.07 Å². The molecule has 1 unspecified atom stereocenters. The highest BCUT2D eigenvalue weighted by molar-refractivity contribution is 6.60. The van der Waals surface area contributed by atoms with Crippen LogP contribution in [-0.2, 0) is 19.2 Å². The number of carbonyl (C=O) groups excluding carboxylic acids is 4. The predicted octanol–water partition coefficient (Wildman–Crippen LogP) is 1.42. The Morgan fingerprint density at radius 1 is 0.839 bits per heavy atom. The number of imide groups is 1. The summed E-state index contributed by atoms with van der Waals surface area (Å²) < 4.78 is 20.6. The second kappa shape index (κ2) is 8.74. The summed E-state index contributed by atoms with van der Waals surface area (Å²) in [5.74, 6) is -4.76. The summed E-state index contributed by atoms with van der Waals surface area (Å²) in [6, 6.07) is 8.93. The standard InChI is InChI=1S/C21H20N2O8/c1-28-11-5-7-13(15(9-11)30-3)22-19(25)17-18(24)21(27)23(20(17)26)14-8-6-12(29-2)10-16(14)31-4/h5-10,17H,1-4H3,(H,22,25). The zero-order valence-corrected chi connectivity index (χ0v) is 17.3. The molecule has 0 saturated carbocycles. The van der Waals surface area contributed by atoms with E-state index < -0.39 is 29.4 Å². The van der Waals surface area contributed by atoms with Gasteiger partial charge in [-0.25, -0.2) is 4.90 Å². The van der Waals surface area contributed by atoms with Crippen LogP contribution in [0.15, 0.2) is 36.4 Å². The van der Waals surface area contributed by atoms with Crippen molar-refractivity contribution >= 4 is 34.9 Å². The van der Waals surface area contributed by atoms with Gasteiger partial charge in [0, 0.05) is 12.1 Å². The molecule has 1 atom stereocenters. The van der Waals surface area contributed by atoms with Crippen LogP contribution in [0.4, 0.5) is 11.4 Å². The Labute approximate surface area is 177 Å². The molecule has 1 fully saturated rings. The molecule has 1 N–H and O–H groups in total. The Hall–Kier alpha value is -4.08. The molecule has 10 heteroatoms. The van der Waals surface area contributed by atoms with Gasteiger partial charge in [-0.3, -0.25) is 19.2 Å². The zero-order valence-electron chi connectivity index (χ0n) is 17.3. The van der Waals surface area contributed by atoms with Crippen molar-refractivity contribution in [1.29, 1.82) is 0 Å². The molecule has 1 saturated heterocycles. The van der Waals surface area contributed by atoms with E-state index in [2.05, 4.69) is 5.32 Å². The van der Waals surface area contributed by atoms with E-state index in [0.717, 1.165) is 0 Å². The van der Waals surface area contributed by atoms with E-state index >= 15 is 0 Å². The fraction of sp³-hybridized carbons (Fsp3) is 0.238. The number of ketones is 1. The Bertz CT molecular complexity index is 1070. The van der Waals surface area contributed by atoms with Gasteiger partial charge in [0.05, 0.1) is 39.8 Å². The van der Waals surface area contributed by atoms with Crippen LogP contribution in [0.3, 0.4) is 0 Å². The monoisotopic (exact) mass is 428 g/mol. The first-order valence-electron chi connectivity index (χ1n) is 9.03. The minimum atomic E-state index is -1.84. The molecule has 0 spiro atoms. The van der Waals surface area contributed by atoms with Crippen LogP contribution in [0, 0.1) is 5.92 Å². The van der Waals surface area contributed by atoms with E-state index in [4.69, 9.17) is 18.9 Å². The molecule has 31 heavy (non-hydrogen) atoms. The molecule has 162 valence electrons. The smallest absolute Gasteiger partial charge is 0.302 e. The number of nitrogens with zero attached hydrogens (tertiary/aromatic N) is 1. The molecule has 0 aromatic heterocycles. The number of carbonyl (C=O) groups is 4. The third kappa shape index (κ3) is 3.87. The van der Waals surface area contributed by atoms with Gasteiger partial charge in [0.2, 0.25) is 11.7 Å². The van der Waals surface area contributed by atoms with Crippen molar-refractivity contribution < 1.29 is 38.1 Å². The maximum absolute atomic E-state index is 12.9. The number of Topliss-reactive ketones (excluding diaryl/α,β-unsaturated/α-hetero) is 1. The van der Waals surface area contributed by atoms with Crippen molar-refractivity contribution in [2.24, 2.45) is 5.92 Å². The van der Waals surface area contributed by atoms with Crippen LogP contribution < -0.4 is 29.2 Å². The molecular formula is C21H20N2O8. The first-order valence-corrected chi connectivity index (χ1v) is 9.03. The van der Waals surface area contributed by atoms with Crippen molar-refractivity contribution in [2.45, 2.75) is 0 Å². The summed E-state index contributed by atoms with van der Waals surface area (Å²) >= 11 is 0. The second-order valence-corrected chi connectivity index (χ2v) is 6.37. The molecule has 0 bridgehead atoms. The Morgan fingerprint density at radius 2 is 1.42 bits per heavy atom. The molecule has 2 aromatic carbocycles. The minimum absolute atomic E-state index is 0.0315. The third-order valence-electron chi connectivity index (χ3n) is 4.70. The lowest BCUT2D eigenvalue weighted by molar-refractivity contribution is -0.139. The Kier molecular flexibility index (Phi) is 6.10. The number of benzene rings is 2. The quantitative estimate of drug-likeness (QED) is 0.399. The summed E-state index contributed by atoms with van der Waals surface area (Å²) in [5.41, 5.74) is 0.241. The maximum Gasteiger partial charge on any atom is 0.302 e. The third-order valence-corrected chi connectivity index (χ3v) is 4.70. The first kappa shape index (κ1) is 21.6. The van der Waals surface area contributed by atoms with Crippen LogP contribution >= 0.6 is 0 Å². The number of methoxy groups -OCH3 is 4. The number of nitrogens with one attached hydrogen (secondary N) is 1. The average molecular weight is 428 g/mol. The van der Waals surface area contributed by atoms with E-state index in [0.29, 0.717) is 16.4 Å². The molecule has 0 radical (unpaired) electrons. The minimum Gasteiger partial charge on any atom is -0.497 e. The summed E-state index contributed by atoms with van der Waals surface area (Å²) in [4.78, 5) is 51.4. The van der Waals surface area contributed by atoms with Crippen molar-refractivity contribution in [3.8, 4) is 23.0 Å². The van der Waals surface area contributed by atoms with Crippen molar-refractivity contribution in [3.63, 3.8) is 0 Å². The number of hydrogen-bond acceptors (Lipinski definition) is 8. The predicted molar refractivity (Wildman–Crippen MR) is 109 cm³/mol. The topological polar surface area (TPSA) is 120 Å². The Morgan fingerprint density at radius 3 is 2.00 bits per heavy atom. The van der Waals surface area contributed by atoms with Gasteiger partial charge in [-0.05, 0) is 24.3 Å². The van der Waals surface area contributed by atoms with Crippen LogP contribution in [-0.4, -0.2) is 51.9 Å². The lowest BCUT2D eigenvalue weighted by Gasteiger charge is -2.18. The molecule has 3 amide bonds. The number of ether oxygens (including phenoxy) is 4. The maximum atomic E-state index is 12.9. The van der Waals surface area contributed by atoms with Crippen molar-refractivity contribution in [1.82, 2.24) is 0 Å². The van der Waals surface area contributed by atoms with E-state index in [9.17, 15) is 19.2 Å². The van der Waals surface area contributed by atoms with Gasteiger partial charge in [0.15, 0.2) is 5.92 Å². The fourth-order valence-corrected chi connectivity index (χ4v) is 3.11. The lowest BCUT2D eigenvalue weighted by Crippen LogP contribution is -2.35. The molecule has 10 nitrogen and oxygen atoms in total. The average Bonchev–Trinajstić information content (AvgIpc) is 3.01. The molecule has 2 aromatic rings. The van der Waals surface area contributed by atoms with Crippen LogP contribution in [0.25, 0.3) is 0 Å². The first-order chi connectivity index (χ1) is 14.9. The molecule has 1 heterocycles. The summed E-state index contributed by atoms with van der Waals surface area (Å²) in [7, 11) is 5.64. The number of anilines is 2. The Balaban J connectivity index is 1.91. The van der Waals surface area contributed by atoms with Crippen LogP contribution in [0.1, 0.15) is 0 Å². The fourth-order valence-electron chi connectivity index (χ4n) is 3.11. The summed E-state index contributed by atoms with van der Waals surface area (Å²) in [6.45, 7) is 0. The lowest BCUT2D eigenvalue weighted by atomic mass is 10.1. The van der Waals surface area contributed by atoms with E-state index in [1.165, 1.54) is 58.8 Å². The van der Waals surface area contributed by atoms with Gasteiger partial charge in [-0.15, -0.1) is 0 Å². The SMILES string of the molecule is COc1ccc(NC(=O)C2C(=O)C(=O)N(c3ccc(OC)cc3OC)C2=O)c(OC)c1. The molecule has 0 aliphatic carbocycles. The highest BCUT2D eigenvalue weighted by Crippen LogP contribution is 2.36. The van der Waals surface area contributed by atoms with Gasteiger partial charge in [0.1, 0.15) is 23.0 Å². The van der Waals surface area contributed by atoms with E-state index in [-0.39, 0.29) is 22.9 Å². The van der Waals surface area contributed by atoms with Gasteiger partial charge < -0.3 is 24.3 Å². The largest absolute Gasteiger partial charge is 0.497 e. The highest BCUT2D eigenvalue weighted by atomic mass is 16.5.